The summed E-state index contributed by atoms with van der Waals surface area (Å²) in [5.41, 5.74) is 6.40. The molecule has 24 heavy (non-hydrogen) atoms. The normalized spacial score (nSPS) is 12.8. The number of ether oxygens (including phenoxy) is 2. The monoisotopic (exact) mass is 388 g/mol. The predicted octanol–water partition coefficient (Wildman–Crippen LogP) is 2.43. The molecule has 0 fully saturated rings. The van der Waals surface area contributed by atoms with Gasteiger partial charge in [0.2, 0.25) is 6.79 Å². The van der Waals surface area contributed by atoms with Crippen LogP contribution < -0.4 is 20.5 Å². The first-order valence-electron chi connectivity index (χ1n) is 7.01. The molecule has 0 unspecified atom stereocenters. The summed E-state index contributed by atoms with van der Waals surface area (Å²) in [6.45, 7) is 0.157. The van der Waals surface area contributed by atoms with Crippen LogP contribution >= 0.6 is 15.9 Å². The second kappa shape index (κ2) is 6.76. The minimum atomic E-state index is -0.743. The van der Waals surface area contributed by atoms with Gasteiger partial charge < -0.3 is 20.5 Å². The van der Waals surface area contributed by atoms with Crippen LogP contribution in [0.15, 0.2) is 52.6 Å². The Labute approximate surface area is 146 Å². The van der Waals surface area contributed by atoms with Gasteiger partial charge in [-0.15, -0.1) is 0 Å². The number of primary amides is 1. The van der Waals surface area contributed by atoms with E-state index in [1.807, 2.05) is 0 Å². The molecule has 3 rings (SSSR count). The first-order chi connectivity index (χ1) is 11.5. The van der Waals surface area contributed by atoms with Crippen molar-refractivity contribution in [3.63, 3.8) is 0 Å². The largest absolute Gasteiger partial charge is 0.454 e. The van der Waals surface area contributed by atoms with Gasteiger partial charge in [-0.05, 0) is 51.8 Å². The van der Waals surface area contributed by atoms with E-state index in [1.54, 1.807) is 42.5 Å². The lowest BCUT2D eigenvalue weighted by atomic mass is 10.1. The first kappa shape index (κ1) is 16.1. The summed E-state index contributed by atoms with van der Waals surface area (Å²) in [5.74, 6) is 0.0241. The highest BCUT2D eigenvalue weighted by Gasteiger charge is 2.16. The number of rotatable bonds is 4. The number of carbonyl (C=O) groups is 2. The Morgan fingerprint density at radius 1 is 1.12 bits per heavy atom. The Bertz CT molecular complexity index is 848. The SMILES string of the molecule is NC(=O)/C(=C/c1ccc2c(c1)OCO2)NC(=O)c1ccccc1Br. The van der Waals surface area contributed by atoms with Crippen LogP contribution in [0.2, 0.25) is 0 Å². The van der Waals surface area contributed by atoms with Crippen molar-refractivity contribution in [2.24, 2.45) is 5.73 Å². The molecular weight excluding hydrogens is 376 g/mol. The zero-order valence-corrected chi connectivity index (χ0v) is 14.0. The maximum absolute atomic E-state index is 12.3. The summed E-state index contributed by atoms with van der Waals surface area (Å²) in [4.78, 5) is 24.0. The molecule has 1 aliphatic heterocycles. The number of amides is 2. The van der Waals surface area contributed by atoms with E-state index >= 15 is 0 Å². The second-order valence-electron chi connectivity index (χ2n) is 4.97. The number of benzene rings is 2. The molecule has 0 saturated carbocycles. The number of nitrogens with one attached hydrogen (secondary N) is 1. The Morgan fingerprint density at radius 2 is 1.88 bits per heavy atom. The first-order valence-corrected chi connectivity index (χ1v) is 7.81. The smallest absolute Gasteiger partial charge is 0.265 e. The van der Waals surface area contributed by atoms with Gasteiger partial charge in [-0.2, -0.15) is 0 Å². The average Bonchev–Trinajstić information content (AvgIpc) is 3.02. The Morgan fingerprint density at radius 3 is 2.62 bits per heavy atom. The van der Waals surface area contributed by atoms with Gasteiger partial charge in [0.1, 0.15) is 5.70 Å². The fourth-order valence-corrected chi connectivity index (χ4v) is 2.64. The van der Waals surface area contributed by atoms with Crippen molar-refractivity contribution < 1.29 is 19.1 Å². The quantitative estimate of drug-likeness (QED) is 0.786. The predicted molar refractivity (Wildman–Crippen MR) is 91.3 cm³/mol. The highest BCUT2D eigenvalue weighted by Crippen LogP contribution is 2.33. The number of nitrogens with two attached hydrogens (primary N) is 1. The zero-order valence-electron chi connectivity index (χ0n) is 12.4. The van der Waals surface area contributed by atoms with E-state index in [9.17, 15) is 9.59 Å². The van der Waals surface area contributed by atoms with E-state index in [2.05, 4.69) is 21.2 Å². The summed E-state index contributed by atoms with van der Waals surface area (Å²) < 4.78 is 11.1. The molecule has 0 radical (unpaired) electrons. The molecular formula is C17H13BrN2O4. The standard InChI is InChI=1S/C17H13BrN2O4/c18-12-4-2-1-3-11(12)17(22)20-13(16(19)21)7-10-5-6-14-15(8-10)24-9-23-14/h1-8H,9H2,(H2,19,21)(H,20,22)/b13-7-. The molecule has 1 heterocycles. The summed E-state index contributed by atoms with van der Waals surface area (Å²) in [5, 5.41) is 2.54. The fraction of sp³-hybridized carbons (Fsp3) is 0.0588. The van der Waals surface area contributed by atoms with Gasteiger partial charge in [0.05, 0.1) is 5.56 Å². The Kier molecular flexibility index (Phi) is 4.52. The lowest BCUT2D eigenvalue weighted by molar-refractivity contribution is -0.114. The van der Waals surface area contributed by atoms with Gasteiger partial charge >= 0.3 is 0 Å². The zero-order chi connectivity index (χ0) is 17.1. The third-order valence-corrected chi connectivity index (χ3v) is 4.03. The minimum absolute atomic E-state index is 0.0189. The molecule has 7 heteroatoms. The van der Waals surface area contributed by atoms with Gasteiger partial charge in [-0.3, -0.25) is 9.59 Å². The van der Waals surface area contributed by atoms with Crippen LogP contribution in [0.1, 0.15) is 15.9 Å². The van der Waals surface area contributed by atoms with E-state index < -0.39 is 11.8 Å². The summed E-state index contributed by atoms with van der Waals surface area (Å²) in [6.07, 6.45) is 1.49. The van der Waals surface area contributed by atoms with Gasteiger partial charge in [0.25, 0.3) is 11.8 Å². The van der Waals surface area contributed by atoms with Crippen LogP contribution in [0, 0.1) is 0 Å². The molecule has 2 amide bonds. The fourth-order valence-electron chi connectivity index (χ4n) is 2.17. The van der Waals surface area contributed by atoms with Crippen LogP contribution in [-0.4, -0.2) is 18.6 Å². The molecule has 2 aromatic carbocycles. The minimum Gasteiger partial charge on any atom is -0.454 e. The van der Waals surface area contributed by atoms with Crippen LogP contribution in [0.3, 0.4) is 0 Å². The molecule has 0 bridgehead atoms. The molecule has 3 N–H and O–H groups in total. The van der Waals surface area contributed by atoms with E-state index in [1.165, 1.54) is 6.08 Å². The van der Waals surface area contributed by atoms with Crippen molar-refractivity contribution in [2.45, 2.75) is 0 Å². The van der Waals surface area contributed by atoms with Gasteiger partial charge in [0, 0.05) is 4.47 Å². The van der Waals surface area contributed by atoms with E-state index in [-0.39, 0.29) is 12.5 Å². The van der Waals surface area contributed by atoms with Gasteiger partial charge in [0.15, 0.2) is 11.5 Å². The molecule has 0 atom stereocenters. The summed E-state index contributed by atoms with van der Waals surface area (Å²) >= 11 is 3.30. The topological polar surface area (TPSA) is 90.7 Å². The number of halogens is 1. The molecule has 2 aromatic rings. The number of hydrogen-bond donors (Lipinski definition) is 2. The average molecular weight is 389 g/mol. The highest BCUT2D eigenvalue weighted by molar-refractivity contribution is 9.10. The molecule has 0 aliphatic carbocycles. The van der Waals surface area contributed by atoms with E-state index in [4.69, 9.17) is 15.2 Å². The lowest BCUT2D eigenvalue weighted by Crippen LogP contribution is -2.31. The van der Waals surface area contributed by atoms with Crippen molar-refractivity contribution in [2.75, 3.05) is 6.79 Å². The highest BCUT2D eigenvalue weighted by atomic mass is 79.9. The van der Waals surface area contributed by atoms with Crippen molar-refractivity contribution in [1.29, 1.82) is 0 Å². The lowest BCUT2D eigenvalue weighted by Gasteiger charge is -2.08. The Hall–Kier alpha value is -2.80. The maximum atomic E-state index is 12.3. The van der Waals surface area contributed by atoms with Crippen LogP contribution in [-0.2, 0) is 4.79 Å². The third kappa shape index (κ3) is 3.41. The number of carbonyl (C=O) groups excluding carboxylic acids is 2. The Balaban J connectivity index is 1.86. The van der Waals surface area contributed by atoms with E-state index in [0.717, 1.165) is 0 Å². The number of fused-ring (bicyclic) bond motifs is 1. The van der Waals surface area contributed by atoms with Crippen LogP contribution in [0.5, 0.6) is 11.5 Å². The molecule has 0 spiro atoms. The van der Waals surface area contributed by atoms with Crippen LogP contribution in [0.25, 0.3) is 6.08 Å². The second-order valence-corrected chi connectivity index (χ2v) is 5.82. The molecule has 1 aliphatic rings. The van der Waals surface area contributed by atoms with Crippen molar-refractivity contribution in [1.82, 2.24) is 5.32 Å². The van der Waals surface area contributed by atoms with Crippen molar-refractivity contribution >= 4 is 33.8 Å². The maximum Gasteiger partial charge on any atom is 0.265 e. The molecule has 6 nitrogen and oxygen atoms in total. The van der Waals surface area contributed by atoms with E-state index in [0.29, 0.717) is 27.1 Å². The van der Waals surface area contributed by atoms with Crippen molar-refractivity contribution in [3.05, 3.63) is 63.8 Å². The number of hydrogen-bond acceptors (Lipinski definition) is 4. The van der Waals surface area contributed by atoms with Gasteiger partial charge in [-0.1, -0.05) is 18.2 Å². The molecule has 0 aromatic heterocycles. The van der Waals surface area contributed by atoms with Crippen LogP contribution in [0.4, 0.5) is 0 Å². The van der Waals surface area contributed by atoms with Gasteiger partial charge in [-0.25, -0.2) is 0 Å². The third-order valence-electron chi connectivity index (χ3n) is 3.34. The summed E-state index contributed by atoms with van der Waals surface area (Å²) in [7, 11) is 0. The molecule has 122 valence electrons. The molecule has 0 saturated heterocycles. The summed E-state index contributed by atoms with van der Waals surface area (Å²) in [6, 6.07) is 12.1. The van der Waals surface area contributed by atoms with Crippen molar-refractivity contribution in [3.8, 4) is 11.5 Å².